The van der Waals surface area contributed by atoms with Crippen LogP contribution in [0.2, 0.25) is 0 Å². The average molecular weight is 263 g/mol. The first kappa shape index (κ1) is 22.9. The summed E-state index contributed by atoms with van der Waals surface area (Å²) in [4.78, 5) is 0. The Labute approximate surface area is 88.0 Å². The average Bonchev–Trinajstić information content (AvgIpc) is 1.66. The molecule has 0 nitrogen and oxygen atoms in total. The predicted octanol–water partition coefficient (Wildman–Crippen LogP) is 3.32. The zero-order valence-electron chi connectivity index (χ0n) is 8.69. The van der Waals surface area contributed by atoms with Crippen molar-refractivity contribution in [2.75, 3.05) is 40.0 Å². The minimum atomic E-state index is 0. The van der Waals surface area contributed by atoms with Crippen molar-refractivity contribution >= 4 is 26.0 Å². The van der Waals surface area contributed by atoms with E-state index in [1.807, 2.05) is 0 Å². The van der Waals surface area contributed by atoms with E-state index in [4.69, 9.17) is 0 Å². The molecular formula is C7H23ClNiP2+. The summed E-state index contributed by atoms with van der Waals surface area (Å²) in [5, 5.41) is 0. The molecule has 0 saturated heterocycles. The summed E-state index contributed by atoms with van der Waals surface area (Å²) in [5.74, 6) is 0. The molecule has 0 aromatic carbocycles. The molecule has 0 aliphatic rings. The van der Waals surface area contributed by atoms with Gasteiger partial charge in [0.2, 0.25) is 0 Å². The van der Waals surface area contributed by atoms with Gasteiger partial charge >= 0.3 is 24.8 Å². The fourth-order valence-corrected chi connectivity index (χ4v) is 0. The van der Waals surface area contributed by atoms with E-state index in [9.17, 15) is 0 Å². The van der Waals surface area contributed by atoms with Crippen LogP contribution in [0.3, 0.4) is 0 Å². The standard InChI is InChI=1S/2C3H9P.CH3.ClH.Ni/c2*1-4(2)3;;;/h2*1-3H3;1H3;1H;/q;;-1;;+1/p+1. The zero-order chi connectivity index (χ0) is 9.15. The third-order valence-corrected chi connectivity index (χ3v) is 0. The quantitative estimate of drug-likeness (QED) is 0.357. The van der Waals surface area contributed by atoms with Crippen LogP contribution in [-0.4, -0.2) is 40.0 Å². The van der Waals surface area contributed by atoms with Crippen LogP contribution in [0.4, 0.5) is 0 Å². The summed E-state index contributed by atoms with van der Waals surface area (Å²) < 4.78 is 0. The zero-order valence-corrected chi connectivity index (χ0v) is 12.4. The third-order valence-electron chi connectivity index (χ3n) is 0. The Morgan fingerprint density at radius 3 is 0.727 bits per heavy atom. The van der Waals surface area contributed by atoms with Gasteiger partial charge in [-0.05, 0) is 15.8 Å². The first-order chi connectivity index (χ1) is 4.46. The first-order valence-corrected chi connectivity index (χ1v) is 10.5. The van der Waals surface area contributed by atoms with Crippen molar-refractivity contribution in [1.82, 2.24) is 0 Å². The molecule has 0 aromatic heterocycles. The summed E-state index contributed by atoms with van der Waals surface area (Å²) in [7, 11) is 4.50. The molecule has 0 aliphatic carbocycles. The van der Waals surface area contributed by atoms with E-state index < -0.39 is 0 Å². The second-order valence-electron chi connectivity index (χ2n) is 3.00. The van der Waals surface area contributed by atoms with Gasteiger partial charge in [-0.3, -0.25) is 0 Å². The van der Waals surface area contributed by atoms with E-state index in [2.05, 4.69) is 64.8 Å². The Morgan fingerprint density at radius 2 is 0.727 bits per heavy atom. The van der Waals surface area contributed by atoms with Gasteiger partial charge in [0.1, 0.15) is 0 Å². The van der Waals surface area contributed by atoms with Gasteiger partial charge in [-0.1, -0.05) is 0 Å². The summed E-state index contributed by atoms with van der Waals surface area (Å²) in [6, 6.07) is 0. The fraction of sp³-hybridized carbons (Fsp3) is 0.857. The van der Waals surface area contributed by atoms with Crippen LogP contribution in [-0.2, 0) is 14.6 Å². The van der Waals surface area contributed by atoms with Crippen molar-refractivity contribution in [3.63, 3.8) is 0 Å². The van der Waals surface area contributed by atoms with Gasteiger partial charge in [0.15, 0.2) is 0 Å². The normalized spacial score (nSPS) is 7.18. The molecule has 77 valence electrons. The van der Waals surface area contributed by atoms with Crippen molar-refractivity contribution < 1.29 is 14.6 Å². The molecule has 0 saturated carbocycles. The maximum atomic E-state index is 4.26. The Morgan fingerprint density at radius 1 is 0.727 bits per heavy atom. The molecule has 0 radical (unpaired) electrons. The molecule has 0 spiro atoms. The molecule has 0 amide bonds. The second-order valence-corrected chi connectivity index (χ2v) is 9.00. The summed E-state index contributed by atoms with van der Waals surface area (Å²) >= 11 is 3.35. The van der Waals surface area contributed by atoms with Gasteiger partial charge in [-0.2, -0.15) is 0 Å². The topological polar surface area (TPSA) is 0 Å². The monoisotopic (exact) mass is 262 g/mol. The molecule has 0 heterocycles. The van der Waals surface area contributed by atoms with Crippen LogP contribution in [0, 0.1) is 7.43 Å². The molecule has 0 fully saturated rings. The molecule has 0 N–H and O–H groups in total. The molecule has 0 aromatic rings. The van der Waals surface area contributed by atoms with E-state index in [1.54, 1.807) is 0 Å². The van der Waals surface area contributed by atoms with Gasteiger partial charge in [0, 0.05) is 40.0 Å². The van der Waals surface area contributed by atoms with Crippen molar-refractivity contribution in [2.45, 2.75) is 0 Å². The minimum absolute atomic E-state index is 0. The van der Waals surface area contributed by atoms with E-state index in [-0.39, 0.29) is 23.3 Å². The second kappa shape index (κ2) is 22.6. The molecule has 0 aliphatic heterocycles. The molecule has 0 atom stereocenters. The number of rotatable bonds is 0. The Balaban J connectivity index is -0.0000000339. The molecule has 4 heteroatoms. The Kier molecular flexibility index (Phi) is 47.1. The first-order valence-electron chi connectivity index (χ1n) is 3.12. The van der Waals surface area contributed by atoms with Crippen LogP contribution in [0.25, 0.3) is 0 Å². The van der Waals surface area contributed by atoms with Crippen LogP contribution >= 0.6 is 26.0 Å². The van der Waals surface area contributed by atoms with Crippen molar-refractivity contribution in [2.24, 2.45) is 0 Å². The van der Waals surface area contributed by atoms with Crippen LogP contribution < -0.4 is 0 Å². The van der Waals surface area contributed by atoms with Gasteiger partial charge in [-0.15, -0.1) is 0 Å². The molecule has 0 bridgehead atoms. The van der Waals surface area contributed by atoms with Crippen molar-refractivity contribution in [1.29, 1.82) is 0 Å². The van der Waals surface area contributed by atoms with E-state index in [1.165, 1.54) is 0 Å². The number of halogens is 1. The number of hydrogen-bond acceptors (Lipinski definition) is 0. The van der Waals surface area contributed by atoms with E-state index in [0.717, 1.165) is 0 Å². The molecule has 11 heavy (non-hydrogen) atoms. The van der Waals surface area contributed by atoms with Gasteiger partial charge in [0.25, 0.3) is 0 Å². The van der Waals surface area contributed by atoms with Gasteiger partial charge < -0.3 is 7.43 Å². The Bertz CT molecular complexity index is 31.9. The van der Waals surface area contributed by atoms with Crippen molar-refractivity contribution in [3.05, 3.63) is 7.43 Å². The van der Waals surface area contributed by atoms with Crippen molar-refractivity contribution in [3.8, 4) is 0 Å². The van der Waals surface area contributed by atoms with Gasteiger partial charge in [-0.25, -0.2) is 0 Å². The molecule has 0 rings (SSSR count). The molecular weight excluding hydrogens is 240 g/mol. The summed E-state index contributed by atoms with van der Waals surface area (Å²) in [6.07, 6.45) is 0. The Hall–Kier alpha value is 1.64. The fourth-order valence-electron chi connectivity index (χ4n) is 0. The molecule has 0 unspecified atom stereocenters. The number of hydrogen-bond donors (Lipinski definition) is 0. The third kappa shape index (κ3) is 401. The predicted molar refractivity (Wildman–Crippen MR) is 64.4 cm³/mol. The van der Waals surface area contributed by atoms with Crippen LogP contribution in [0.15, 0.2) is 0 Å². The summed E-state index contributed by atoms with van der Waals surface area (Å²) in [6.45, 7) is 13.6. The van der Waals surface area contributed by atoms with E-state index in [0.29, 0.717) is 0 Å². The van der Waals surface area contributed by atoms with E-state index >= 15 is 0 Å². The summed E-state index contributed by atoms with van der Waals surface area (Å²) in [5.41, 5.74) is 0. The van der Waals surface area contributed by atoms with Crippen LogP contribution in [0.1, 0.15) is 0 Å². The SMILES string of the molecule is C[PH+](C)C.C[PH+](C)C.[CH3-].[Cl][Ni]. The van der Waals surface area contributed by atoms with Gasteiger partial charge in [0.05, 0.1) is 0 Å². The van der Waals surface area contributed by atoms with Crippen LogP contribution in [0.5, 0.6) is 0 Å². The maximum absolute atomic E-state index is 4.26.